The number of allylic oxidation sites excluding steroid dienone is 20. The van der Waals surface area contributed by atoms with Crippen molar-refractivity contribution in [3.8, 4) is 0 Å². The zero-order chi connectivity index (χ0) is 55.6. The van der Waals surface area contributed by atoms with Gasteiger partial charge in [0.1, 0.15) is 19.8 Å². The minimum atomic E-state index is -4.65. The van der Waals surface area contributed by atoms with Crippen LogP contribution >= 0.6 is 7.82 Å². The summed E-state index contributed by atoms with van der Waals surface area (Å²) >= 11 is 0. The van der Waals surface area contributed by atoms with Crippen LogP contribution in [0.5, 0.6) is 0 Å². The van der Waals surface area contributed by atoms with Crippen molar-refractivity contribution < 1.29 is 42.1 Å². The third-order valence-corrected chi connectivity index (χ3v) is 13.4. The molecule has 9 nitrogen and oxygen atoms in total. The van der Waals surface area contributed by atoms with Gasteiger partial charge in [0.25, 0.3) is 7.82 Å². The molecule has 0 aromatic heterocycles. The maximum absolute atomic E-state index is 12.8. The lowest BCUT2D eigenvalue weighted by Gasteiger charge is -2.28. The van der Waals surface area contributed by atoms with E-state index in [2.05, 4.69) is 135 Å². The molecule has 434 valence electrons. The van der Waals surface area contributed by atoms with E-state index in [4.69, 9.17) is 18.5 Å². The number of quaternary nitrogens is 1. The van der Waals surface area contributed by atoms with Crippen LogP contribution in [0.3, 0.4) is 0 Å². The first-order valence-electron chi connectivity index (χ1n) is 30.2. The first kappa shape index (κ1) is 72.4. The molecule has 0 radical (unpaired) electrons. The van der Waals surface area contributed by atoms with Crippen LogP contribution in [0.1, 0.15) is 232 Å². The van der Waals surface area contributed by atoms with Crippen LogP contribution in [0.15, 0.2) is 122 Å². The second-order valence-electron chi connectivity index (χ2n) is 20.9. The number of rotatable bonds is 54. The average Bonchev–Trinajstić information content (AvgIpc) is 3.38. The summed E-state index contributed by atoms with van der Waals surface area (Å²) in [6.45, 7) is 3.99. The molecular formula is C66H112NO8P. The topological polar surface area (TPSA) is 111 Å². The Hall–Kier alpha value is -3.59. The van der Waals surface area contributed by atoms with Gasteiger partial charge in [-0.3, -0.25) is 14.2 Å². The molecule has 0 fully saturated rings. The van der Waals surface area contributed by atoms with E-state index >= 15 is 0 Å². The monoisotopic (exact) mass is 1080 g/mol. The van der Waals surface area contributed by atoms with E-state index in [0.29, 0.717) is 23.9 Å². The zero-order valence-electron chi connectivity index (χ0n) is 49.2. The number of unbranched alkanes of at least 4 members (excludes halogenated alkanes) is 20. The fourth-order valence-electron chi connectivity index (χ4n) is 7.89. The number of phosphoric acid groups is 1. The van der Waals surface area contributed by atoms with E-state index < -0.39 is 32.5 Å². The lowest BCUT2D eigenvalue weighted by molar-refractivity contribution is -0.870. The normalized spacial score (nSPS) is 14.1. The van der Waals surface area contributed by atoms with Crippen LogP contribution in [0.25, 0.3) is 0 Å². The maximum Gasteiger partial charge on any atom is 0.306 e. The number of likely N-dealkylation sites (N-methyl/N-ethyl adjacent to an activating group) is 1. The highest BCUT2D eigenvalue weighted by Crippen LogP contribution is 2.38. The number of esters is 2. The maximum atomic E-state index is 12.8. The van der Waals surface area contributed by atoms with Gasteiger partial charge in [-0.1, -0.05) is 238 Å². The van der Waals surface area contributed by atoms with Crippen LogP contribution in [0, 0.1) is 0 Å². The van der Waals surface area contributed by atoms with Crippen molar-refractivity contribution in [1.82, 2.24) is 0 Å². The molecule has 0 aliphatic rings. The highest BCUT2D eigenvalue weighted by molar-refractivity contribution is 7.45. The summed E-state index contributed by atoms with van der Waals surface area (Å²) in [4.78, 5) is 37.9. The summed E-state index contributed by atoms with van der Waals surface area (Å²) in [5.41, 5.74) is 0. The molecule has 0 aliphatic heterocycles. The molecule has 0 spiro atoms. The molecule has 0 aromatic rings. The standard InChI is InChI=1S/C66H112NO8P/c1-6-8-10-12-14-16-18-20-22-24-26-28-30-31-32-33-34-35-37-39-41-43-45-47-49-51-53-55-57-59-66(69)75-64(63-74-76(70,71)73-61-60-67(3,4)5)62-72-65(68)58-56-54-52-50-48-46-44-42-40-38-36-29-27-25-23-21-19-17-15-13-11-9-7-2/h8-11,14-17,20-23,26-29,31-32,38,40,64H,6-7,12-13,18-19,24-25,30,33-37,39,41-63H2,1-5H3/b10-8-,11-9-,16-14-,17-15-,22-20-,23-21-,28-26-,29-27-,32-31-,40-38-. The van der Waals surface area contributed by atoms with Gasteiger partial charge in [0.2, 0.25) is 0 Å². The fraction of sp³-hybridized carbons (Fsp3) is 0.667. The Morgan fingerprint density at radius 3 is 1.05 bits per heavy atom. The van der Waals surface area contributed by atoms with Crippen molar-refractivity contribution in [2.75, 3.05) is 47.5 Å². The van der Waals surface area contributed by atoms with E-state index in [1.165, 1.54) is 83.5 Å². The fourth-order valence-corrected chi connectivity index (χ4v) is 8.61. The molecule has 0 aliphatic carbocycles. The third-order valence-electron chi connectivity index (χ3n) is 12.5. The molecule has 0 amide bonds. The van der Waals surface area contributed by atoms with Gasteiger partial charge < -0.3 is 27.9 Å². The van der Waals surface area contributed by atoms with Gasteiger partial charge in [0, 0.05) is 12.8 Å². The molecule has 76 heavy (non-hydrogen) atoms. The van der Waals surface area contributed by atoms with E-state index in [9.17, 15) is 19.0 Å². The van der Waals surface area contributed by atoms with Crippen molar-refractivity contribution >= 4 is 19.8 Å². The molecule has 0 saturated carbocycles. The number of nitrogens with zero attached hydrogens (tertiary/aromatic N) is 1. The summed E-state index contributed by atoms with van der Waals surface area (Å²) in [5.74, 6) is -0.852. The average molecular weight is 1080 g/mol. The highest BCUT2D eigenvalue weighted by Gasteiger charge is 2.22. The summed E-state index contributed by atoms with van der Waals surface area (Å²) in [6, 6.07) is 0. The van der Waals surface area contributed by atoms with Gasteiger partial charge >= 0.3 is 11.9 Å². The molecule has 0 saturated heterocycles. The number of ether oxygens (including phenoxy) is 2. The molecule has 0 rings (SSSR count). The molecule has 2 unspecified atom stereocenters. The van der Waals surface area contributed by atoms with Crippen LogP contribution in [-0.4, -0.2) is 70.0 Å². The predicted molar refractivity (Wildman–Crippen MR) is 323 cm³/mol. The molecule has 0 aromatic carbocycles. The van der Waals surface area contributed by atoms with Crippen LogP contribution in [-0.2, 0) is 32.7 Å². The van der Waals surface area contributed by atoms with Gasteiger partial charge in [-0.15, -0.1) is 0 Å². The van der Waals surface area contributed by atoms with Crippen molar-refractivity contribution in [2.24, 2.45) is 0 Å². The van der Waals surface area contributed by atoms with Gasteiger partial charge in [0.05, 0.1) is 27.7 Å². The Balaban J connectivity index is 4.18. The number of carbonyl (C=O) groups excluding carboxylic acids is 2. The summed E-state index contributed by atoms with van der Waals surface area (Å²) in [5, 5.41) is 0. The molecular weight excluding hydrogens is 966 g/mol. The minimum absolute atomic E-state index is 0.0390. The lowest BCUT2D eigenvalue weighted by atomic mass is 10.0. The van der Waals surface area contributed by atoms with Crippen LogP contribution < -0.4 is 4.89 Å². The highest BCUT2D eigenvalue weighted by atomic mass is 31.2. The van der Waals surface area contributed by atoms with Gasteiger partial charge in [-0.25, -0.2) is 0 Å². The van der Waals surface area contributed by atoms with Gasteiger partial charge in [-0.2, -0.15) is 0 Å². The third kappa shape index (κ3) is 59.7. The quantitative estimate of drug-likeness (QED) is 0.0195. The molecule has 10 heteroatoms. The Labute approximate surface area is 467 Å². The minimum Gasteiger partial charge on any atom is -0.756 e. The Morgan fingerprint density at radius 2 is 0.711 bits per heavy atom. The van der Waals surface area contributed by atoms with Crippen LogP contribution in [0.4, 0.5) is 0 Å². The Kier molecular flexibility index (Phi) is 53.5. The molecule has 2 atom stereocenters. The lowest BCUT2D eigenvalue weighted by Crippen LogP contribution is -2.37. The van der Waals surface area contributed by atoms with E-state index in [0.717, 1.165) is 109 Å². The number of phosphoric ester groups is 1. The van der Waals surface area contributed by atoms with Gasteiger partial charge in [0.15, 0.2) is 6.10 Å². The Bertz CT molecular complexity index is 1700. The van der Waals surface area contributed by atoms with Gasteiger partial charge in [-0.05, 0) is 103 Å². The van der Waals surface area contributed by atoms with Crippen LogP contribution in [0.2, 0.25) is 0 Å². The van der Waals surface area contributed by atoms with E-state index in [1.54, 1.807) is 0 Å². The first-order chi connectivity index (χ1) is 37.0. The first-order valence-corrected chi connectivity index (χ1v) is 31.7. The number of hydrogen-bond acceptors (Lipinski definition) is 8. The summed E-state index contributed by atoms with van der Waals surface area (Å²) in [7, 11) is 1.14. The number of hydrogen-bond donors (Lipinski definition) is 0. The predicted octanol–water partition coefficient (Wildman–Crippen LogP) is 18.5. The molecule has 0 heterocycles. The second-order valence-corrected chi connectivity index (χ2v) is 22.4. The Morgan fingerprint density at radius 1 is 0.408 bits per heavy atom. The second kappa shape index (κ2) is 56.1. The smallest absolute Gasteiger partial charge is 0.306 e. The largest absolute Gasteiger partial charge is 0.756 e. The number of carbonyl (C=O) groups is 2. The van der Waals surface area contributed by atoms with E-state index in [1.807, 2.05) is 21.1 Å². The van der Waals surface area contributed by atoms with E-state index in [-0.39, 0.29) is 26.1 Å². The van der Waals surface area contributed by atoms with Crippen molar-refractivity contribution in [1.29, 1.82) is 0 Å². The van der Waals surface area contributed by atoms with Crippen molar-refractivity contribution in [3.63, 3.8) is 0 Å². The SMILES string of the molecule is CC/C=C\C/C=C\C/C=C\C/C=C\C/C=C\CCCCCCCCCCCCCCCC(=O)OC(COC(=O)CCCCCCCCC/C=C\C/C=C\C/C=C\C/C=C\C/C=C\CC)COP(=O)([O-])OCC[N+](C)(C)C. The zero-order valence-corrected chi connectivity index (χ0v) is 50.0. The molecule has 0 N–H and O–H groups in total. The summed E-state index contributed by atoms with van der Waals surface area (Å²) in [6.07, 6.45) is 79.6. The molecule has 0 bridgehead atoms. The summed E-state index contributed by atoms with van der Waals surface area (Å²) < 4.78 is 34.2. The van der Waals surface area contributed by atoms with Crippen molar-refractivity contribution in [3.05, 3.63) is 122 Å². The van der Waals surface area contributed by atoms with Crippen molar-refractivity contribution in [2.45, 2.75) is 238 Å².